The van der Waals surface area contributed by atoms with Crippen LogP contribution in [-0.4, -0.2) is 26.3 Å². The summed E-state index contributed by atoms with van der Waals surface area (Å²) >= 11 is 0. The van der Waals surface area contributed by atoms with Crippen LogP contribution in [0.1, 0.15) is 20.8 Å². The predicted octanol–water partition coefficient (Wildman–Crippen LogP) is 2.95. The van der Waals surface area contributed by atoms with Crippen molar-refractivity contribution in [2.24, 2.45) is 0 Å². The van der Waals surface area contributed by atoms with Gasteiger partial charge in [-0.05, 0) is 32.9 Å². The number of esters is 1. The van der Waals surface area contributed by atoms with Gasteiger partial charge in [0.05, 0.1) is 14.7 Å². The van der Waals surface area contributed by atoms with Gasteiger partial charge in [0, 0.05) is 0 Å². The van der Waals surface area contributed by atoms with Crippen molar-refractivity contribution in [3.05, 3.63) is 24.3 Å². The molecule has 1 aromatic rings. The number of hydrogen-bond acceptors (Lipinski definition) is 3. The number of rotatable bonds is 5. The molecule has 1 aromatic carbocycles. The lowest BCUT2D eigenvalue weighted by Crippen LogP contribution is -2.40. The summed E-state index contributed by atoms with van der Waals surface area (Å²) < 4.78 is 10.7. The zero-order valence-electron chi connectivity index (χ0n) is 12.7. The highest BCUT2D eigenvalue weighted by atomic mass is 28.3. The maximum absolute atomic E-state index is 11.8. The molecule has 0 saturated carbocycles. The van der Waals surface area contributed by atoms with Crippen molar-refractivity contribution in [2.75, 3.05) is 6.61 Å². The van der Waals surface area contributed by atoms with E-state index in [1.54, 1.807) is 20.8 Å². The van der Waals surface area contributed by atoms with E-state index in [0.29, 0.717) is 12.4 Å². The molecule has 0 aromatic heterocycles. The minimum Gasteiger partial charge on any atom is -0.476 e. The lowest BCUT2D eigenvalue weighted by atomic mass is 10.1. The Kier molecular flexibility index (Phi) is 4.79. The molecule has 0 unspecified atom stereocenters. The number of carbonyl (C=O) groups is 1. The van der Waals surface area contributed by atoms with Crippen molar-refractivity contribution < 1.29 is 14.3 Å². The Labute approximate surface area is 116 Å². The monoisotopic (exact) mass is 280 g/mol. The molecule has 0 amide bonds. The molecule has 0 aliphatic heterocycles. The Bertz CT molecular complexity index is 430. The highest BCUT2D eigenvalue weighted by Gasteiger charge is 2.31. The molecule has 0 heterocycles. The SMILES string of the molecule is CCOC(=O)C(C)(C)Oc1ccc([Si](C)(C)C)cc1. The molecule has 0 radical (unpaired) electrons. The van der Waals surface area contributed by atoms with Crippen molar-refractivity contribution in [1.29, 1.82) is 0 Å². The topological polar surface area (TPSA) is 35.5 Å². The van der Waals surface area contributed by atoms with E-state index >= 15 is 0 Å². The van der Waals surface area contributed by atoms with Crippen LogP contribution >= 0.6 is 0 Å². The fraction of sp³-hybridized carbons (Fsp3) is 0.533. The summed E-state index contributed by atoms with van der Waals surface area (Å²) in [4.78, 5) is 11.8. The molecule has 1 rings (SSSR count). The van der Waals surface area contributed by atoms with Gasteiger partial charge < -0.3 is 9.47 Å². The van der Waals surface area contributed by atoms with E-state index in [-0.39, 0.29) is 5.97 Å². The minimum atomic E-state index is -1.30. The number of carbonyl (C=O) groups excluding carboxylic acids is 1. The van der Waals surface area contributed by atoms with Crippen LogP contribution in [0.3, 0.4) is 0 Å². The van der Waals surface area contributed by atoms with Crippen molar-refractivity contribution >= 4 is 19.2 Å². The molecular weight excluding hydrogens is 256 g/mol. The van der Waals surface area contributed by atoms with Crippen LogP contribution in [-0.2, 0) is 9.53 Å². The van der Waals surface area contributed by atoms with Gasteiger partial charge in [-0.3, -0.25) is 0 Å². The summed E-state index contributed by atoms with van der Waals surface area (Å²) in [5.41, 5.74) is -0.962. The Morgan fingerprint density at radius 2 is 1.68 bits per heavy atom. The van der Waals surface area contributed by atoms with E-state index in [1.165, 1.54) is 5.19 Å². The fourth-order valence-corrected chi connectivity index (χ4v) is 2.83. The standard InChI is InChI=1S/C15H24O3Si/c1-7-17-14(16)15(2,3)18-12-8-10-13(11-9-12)19(4,5)6/h8-11H,7H2,1-6H3. The Morgan fingerprint density at radius 1 is 1.16 bits per heavy atom. The molecule has 0 bridgehead atoms. The van der Waals surface area contributed by atoms with Crippen LogP contribution in [0.4, 0.5) is 0 Å². The van der Waals surface area contributed by atoms with Crippen LogP contribution in [0.2, 0.25) is 19.6 Å². The molecule has 4 heteroatoms. The molecule has 0 N–H and O–H groups in total. The average Bonchev–Trinajstić information content (AvgIpc) is 2.28. The third kappa shape index (κ3) is 4.38. The van der Waals surface area contributed by atoms with E-state index in [1.807, 2.05) is 12.1 Å². The Morgan fingerprint density at radius 3 is 2.11 bits per heavy atom. The van der Waals surface area contributed by atoms with E-state index < -0.39 is 13.7 Å². The summed E-state index contributed by atoms with van der Waals surface area (Å²) in [7, 11) is -1.30. The average molecular weight is 280 g/mol. The number of hydrogen-bond donors (Lipinski definition) is 0. The van der Waals surface area contributed by atoms with Crippen molar-refractivity contribution in [3.63, 3.8) is 0 Å². The third-order valence-electron chi connectivity index (χ3n) is 2.86. The molecule has 0 aliphatic carbocycles. The van der Waals surface area contributed by atoms with Gasteiger partial charge in [0.2, 0.25) is 0 Å². The maximum Gasteiger partial charge on any atom is 0.349 e. The lowest BCUT2D eigenvalue weighted by Gasteiger charge is -2.24. The molecule has 3 nitrogen and oxygen atoms in total. The first kappa shape index (κ1) is 15.8. The van der Waals surface area contributed by atoms with Crippen LogP contribution in [0.5, 0.6) is 5.75 Å². The molecule has 0 saturated heterocycles. The van der Waals surface area contributed by atoms with Gasteiger partial charge in [0.15, 0.2) is 5.60 Å². The second-order valence-corrected chi connectivity index (χ2v) is 11.2. The summed E-state index contributed by atoms with van der Waals surface area (Å²) in [5, 5.41) is 1.37. The van der Waals surface area contributed by atoms with Gasteiger partial charge in [0.1, 0.15) is 5.75 Å². The summed E-state index contributed by atoms with van der Waals surface area (Å²) in [6, 6.07) is 8.02. The zero-order chi connectivity index (χ0) is 14.7. The smallest absolute Gasteiger partial charge is 0.349 e. The van der Waals surface area contributed by atoms with Crippen LogP contribution in [0.25, 0.3) is 0 Å². The maximum atomic E-state index is 11.8. The van der Waals surface area contributed by atoms with Crippen molar-refractivity contribution in [3.8, 4) is 5.75 Å². The first-order chi connectivity index (χ1) is 8.66. The summed E-state index contributed by atoms with van der Waals surface area (Å²) in [6.07, 6.45) is 0. The van der Waals surface area contributed by atoms with Crippen molar-refractivity contribution in [2.45, 2.75) is 46.0 Å². The Balaban J connectivity index is 2.80. The van der Waals surface area contributed by atoms with Crippen LogP contribution < -0.4 is 9.92 Å². The van der Waals surface area contributed by atoms with Gasteiger partial charge in [0.25, 0.3) is 0 Å². The quantitative estimate of drug-likeness (QED) is 0.614. The molecular formula is C15H24O3Si. The van der Waals surface area contributed by atoms with E-state index in [0.717, 1.165) is 0 Å². The molecule has 0 spiro atoms. The van der Waals surface area contributed by atoms with E-state index in [9.17, 15) is 4.79 Å². The van der Waals surface area contributed by atoms with Crippen LogP contribution in [0, 0.1) is 0 Å². The highest BCUT2D eigenvalue weighted by Crippen LogP contribution is 2.19. The second kappa shape index (κ2) is 5.78. The normalized spacial score (nSPS) is 12.1. The molecule has 0 fully saturated rings. The predicted molar refractivity (Wildman–Crippen MR) is 80.8 cm³/mol. The Hall–Kier alpha value is -1.29. The van der Waals surface area contributed by atoms with Gasteiger partial charge in [-0.15, -0.1) is 0 Å². The molecule has 106 valence electrons. The van der Waals surface area contributed by atoms with E-state index in [2.05, 4.69) is 31.8 Å². The van der Waals surface area contributed by atoms with Gasteiger partial charge in [-0.1, -0.05) is 37.0 Å². The number of benzene rings is 1. The van der Waals surface area contributed by atoms with Gasteiger partial charge >= 0.3 is 5.97 Å². The number of ether oxygens (including phenoxy) is 2. The highest BCUT2D eigenvalue weighted by molar-refractivity contribution is 6.88. The summed E-state index contributed by atoms with van der Waals surface area (Å²) in [5.74, 6) is 0.351. The van der Waals surface area contributed by atoms with Crippen molar-refractivity contribution in [1.82, 2.24) is 0 Å². The second-order valence-electron chi connectivity index (χ2n) is 6.11. The van der Waals surface area contributed by atoms with Gasteiger partial charge in [-0.2, -0.15) is 0 Å². The molecule has 0 aliphatic rings. The first-order valence-electron chi connectivity index (χ1n) is 6.63. The fourth-order valence-electron chi connectivity index (χ4n) is 1.66. The van der Waals surface area contributed by atoms with E-state index in [4.69, 9.17) is 9.47 Å². The largest absolute Gasteiger partial charge is 0.476 e. The first-order valence-corrected chi connectivity index (χ1v) is 10.1. The lowest BCUT2D eigenvalue weighted by molar-refractivity contribution is -0.158. The minimum absolute atomic E-state index is 0.343. The molecule has 19 heavy (non-hydrogen) atoms. The molecule has 0 atom stereocenters. The third-order valence-corrected chi connectivity index (χ3v) is 4.93. The summed E-state index contributed by atoms with van der Waals surface area (Å²) in [6.45, 7) is 12.5. The van der Waals surface area contributed by atoms with Gasteiger partial charge in [-0.25, -0.2) is 4.79 Å². The van der Waals surface area contributed by atoms with Crippen LogP contribution in [0.15, 0.2) is 24.3 Å². The zero-order valence-corrected chi connectivity index (χ0v) is 13.7.